The number of nitrogens with zero attached hydrogens (tertiary/aromatic N) is 2. The van der Waals surface area contributed by atoms with Crippen LogP contribution in [-0.2, 0) is 10.0 Å². The lowest BCUT2D eigenvalue weighted by atomic mass is 10.2. The minimum Gasteiger partial charge on any atom is -0.357 e. The molecule has 0 aromatic carbocycles. The molecule has 1 heterocycles. The molecule has 9 heteroatoms. The highest BCUT2D eigenvalue weighted by atomic mass is 127. The van der Waals surface area contributed by atoms with Crippen molar-refractivity contribution in [1.29, 1.82) is 0 Å². The van der Waals surface area contributed by atoms with Crippen LogP contribution in [0.4, 0.5) is 0 Å². The Kier molecular flexibility index (Phi) is 10.2. The molecule has 1 saturated heterocycles. The molecule has 136 valence electrons. The van der Waals surface area contributed by atoms with Crippen LogP contribution in [0.2, 0.25) is 0 Å². The summed E-state index contributed by atoms with van der Waals surface area (Å²) < 4.78 is 26.2. The summed E-state index contributed by atoms with van der Waals surface area (Å²) in [6.45, 7) is 4.39. The fourth-order valence-electron chi connectivity index (χ4n) is 2.81. The topological polar surface area (TPSA) is 73.8 Å². The molecule has 0 atom stereocenters. The molecule has 0 bridgehead atoms. The first kappa shape index (κ1) is 21.3. The number of rotatable bonds is 6. The van der Waals surface area contributed by atoms with Gasteiger partial charge in [0.25, 0.3) is 0 Å². The Bertz CT molecular complexity index is 461. The molecule has 1 aliphatic carbocycles. The van der Waals surface area contributed by atoms with Gasteiger partial charge in [0.2, 0.25) is 10.0 Å². The van der Waals surface area contributed by atoms with Crippen LogP contribution in [0.25, 0.3) is 0 Å². The highest BCUT2D eigenvalue weighted by Crippen LogP contribution is 2.17. The lowest BCUT2D eigenvalue weighted by Crippen LogP contribution is -2.43. The van der Waals surface area contributed by atoms with Gasteiger partial charge in [0, 0.05) is 37.2 Å². The average molecular weight is 476 g/mol. The van der Waals surface area contributed by atoms with E-state index in [2.05, 4.69) is 15.6 Å². The predicted molar refractivity (Wildman–Crippen MR) is 109 cm³/mol. The molecule has 0 unspecified atom stereocenters. The van der Waals surface area contributed by atoms with Crippen molar-refractivity contribution in [2.45, 2.75) is 38.6 Å². The number of nitrogens with one attached hydrogen (secondary N) is 2. The first-order valence-corrected chi connectivity index (χ1v) is 11.0. The summed E-state index contributed by atoms with van der Waals surface area (Å²) in [7, 11) is -3.16. The zero-order valence-electron chi connectivity index (χ0n) is 13.8. The van der Waals surface area contributed by atoms with Crippen LogP contribution in [-0.4, -0.2) is 68.2 Å². The van der Waals surface area contributed by atoms with Gasteiger partial charge in [-0.25, -0.2) is 12.7 Å². The van der Waals surface area contributed by atoms with E-state index in [-0.39, 0.29) is 29.7 Å². The predicted octanol–water partition coefficient (Wildman–Crippen LogP) is 1.48. The minimum atomic E-state index is -3.16. The summed E-state index contributed by atoms with van der Waals surface area (Å²) in [5.41, 5.74) is 0. The maximum Gasteiger partial charge on any atom is 0.215 e. The molecule has 0 radical (unpaired) electrons. The fraction of sp³-hybridized carbons (Fsp3) is 0.929. The first-order chi connectivity index (χ1) is 10.6. The molecule has 0 spiro atoms. The van der Waals surface area contributed by atoms with Crippen molar-refractivity contribution in [2.24, 2.45) is 4.99 Å². The molecule has 1 aliphatic heterocycles. The van der Waals surface area contributed by atoms with Gasteiger partial charge in [-0.05, 0) is 19.8 Å². The highest BCUT2D eigenvalue weighted by Gasteiger charge is 2.23. The molecule has 23 heavy (non-hydrogen) atoms. The van der Waals surface area contributed by atoms with Crippen LogP contribution in [0.1, 0.15) is 32.6 Å². The molecule has 2 aliphatic rings. The number of guanidine groups is 1. The second-order valence-corrected chi connectivity index (χ2v) is 9.03. The van der Waals surface area contributed by atoms with Gasteiger partial charge >= 0.3 is 0 Å². The van der Waals surface area contributed by atoms with E-state index in [1.807, 2.05) is 18.7 Å². The molecule has 0 aromatic rings. The number of aliphatic imine (C=N–C) groups is 1. The number of halogens is 1. The van der Waals surface area contributed by atoms with Gasteiger partial charge in [-0.1, -0.05) is 12.8 Å². The van der Waals surface area contributed by atoms with E-state index >= 15 is 0 Å². The Morgan fingerprint density at radius 1 is 1.26 bits per heavy atom. The van der Waals surface area contributed by atoms with Crippen molar-refractivity contribution in [3.8, 4) is 0 Å². The van der Waals surface area contributed by atoms with E-state index in [0.29, 0.717) is 25.7 Å². The third-order valence-electron chi connectivity index (χ3n) is 4.02. The summed E-state index contributed by atoms with van der Waals surface area (Å²) in [5, 5.41) is 6.61. The average Bonchev–Trinajstić information content (AvgIpc) is 3.01. The lowest BCUT2D eigenvalue weighted by molar-refractivity contribution is 0.444. The van der Waals surface area contributed by atoms with Crippen LogP contribution in [0.5, 0.6) is 0 Å². The summed E-state index contributed by atoms with van der Waals surface area (Å²) in [6.07, 6.45) is 4.87. The SMILES string of the molecule is CCNC(=NCCS(=O)(=O)N1CCSCC1)NC1CCCC1.I. The Hall–Kier alpha value is 0.260. The van der Waals surface area contributed by atoms with Gasteiger partial charge in [0.15, 0.2) is 5.96 Å². The summed E-state index contributed by atoms with van der Waals surface area (Å²) in [5.74, 6) is 2.64. The molecule has 2 fully saturated rings. The van der Waals surface area contributed by atoms with E-state index in [9.17, 15) is 8.42 Å². The standard InChI is InChI=1S/C14H28N4O2S2.HI/c1-2-15-14(17-13-5-3-4-6-13)16-7-12-22(19,20)18-8-10-21-11-9-18;/h13H,2-12H2,1H3,(H2,15,16,17);1H. The van der Waals surface area contributed by atoms with E-state index in [0.717, 1.165) is 24.0 Å². The van der Waals surface area contributed by atoms with E-state index in [4.69, 9.17) is 0 Å². The molecule has 0 amide bonds. The quantitative estimate of drug-likeness (QED) is 0.345. The molecule has 2 N–H and O–H groups in total. The monoisotopic (exact) mass is 476 g/mol. The largest absolute Gasteiger partial charge is 0.357 e. The maximum atomic E-state index is 12.3. The van der Waals surface area contributed by atoms with Crippen molar-refractivity contribution >= 4 is 51.7 Å². The molecular weight excluding hydrogens is 447 g/mol. The van der Waals surface area contributed by atoms with Crippen LogP contribution >= 0.6 is 35.7 Å². The molecule has 0 aromatic heterocycles. The third-order valence-corrected chi connectivity index (χ3v) is 6.82. The second kappa shape index (κ2) is 11.0. The first-order valence-electron chi connectivity index (χ1n) is 8.22. The van der Waals surface area contributed by atoms with E-state index < -0.39 is 10.0 Å². The molecule has 2 rings (SSSR count). The Labute approximate surface area is 161 Å². The van der Waals surface area contributed by atoms with Crippen LogP contribution in [0, 0.1) is 0 Å². The lowest BCUT2D eigenvalue weighted by Gasteiger charge is -2.25. The van der Waals surface area contributed by atoms with Gasteiger partial charge in [-0.3, -0.25) is 4.99 Å². The maximum absolute atomic E-state index is 12.3. The van der Waals surface area contributed by atoms with Gasteiger partial charge in [0.05, 0.1) is 12.3 Å². The second-order valence-electron chi connectivity index (χ2n) is 5.71. The number of thioether (sulfide) groups is 1. The Balaban J connectivity index is 0.00000264. The number of hydrogen-bond donors (Lipinski definition) is 2. The fourth-order valence-corrected chi connectivity index (χ4v) is 5.26. The van der Waals surface area contributed by atoms with Gasteiger partial charge in [0.1, 0.15) is 0 Å². The van der Waals surface area contributed by atoms with E-state index in [1.165, 1.54) is 25.7 Å². The summed E-state index contributed by atoms with van der Waals surface area (Å²) in [6, 6.07) is 0.480. The van der Waals surface area contributed by atoms with E-state index in [1.54, 1.807) is 4.31 Å². The molecule has 6 nitrogen and oxygen atoms in total. The van der Waals surface area contributed by atoms with Crippen LogP contribution in [0.15, 0.2) is 4.99 Å². The smallest absolute Gasteiger partial charge is 0.215 e. The highest BCUT2D eigenvalue weighted by molar-refractivity contribution is 14.0. The minimum absolute atomic E-state index is 0. The normalized spacial score (nSPS) is 21.0. The third kappa shape index (κ3) is 7.35. The molecular formula is C14H29IN4O2S2. The Morgan fingerprint density at radius 3 is 2.52 bits per heavy atom. The van der Waals surface area contributed by atoms with Crippen molar-refractivity contribution in [2.75, 3.05) is 43.4 Å². The van der Waals surface area contributed by atoms with Crippen LogP contribution in [0.3, 0.4) is 0 Å². The van der Waals surface area contributed by atoms with Gasteiger partial charge in [-0.15, -0.1) is 24.0 Å². The van der Waals surface area contributed by atoms with Crippen molar-refractivity contribution in [1.82, 2.24) is 14.9 Å². The van der Waals surface area contributed by atoms with Gasteiger partial charge < -0.3 is 10.6 Å². The number of hydrogen-bond acceptors (Lipinski definition) is 4. The van der Waals surface area contributed by atoms with Gasteiger partial charge in [-0.2, -0.15) is 11.8 Å². The Morgan fingerprint density at radius 2 is 1.91 bits per heavy atom. The van der Waals surface area contributed by atoms with Crippen LogP contribution < -0.4 is 10.6 Å². The zero-order valence-corrected chi connectivity index (χ0v) is 17.8. The van der Waals surface area contributed by atoms with Crippen molar-refractivity contribution < 1.29 is 8.42 Å². The number of sulfonamides is 1. The summed E-state index contributed by atoms with van der Waals surface area (Å²) >= 11 is 1.81. The van der Waals surface area contributed by atoms with Crippen molar-refractivity contribution in [3.63, 3.8) is 0 Å². The molecule has 1 saturated carbocycles. The van der Waals surface area contributed by atoms with Crippen molar-refractivity contribution in [3.05, 3.63) is 0 Å². The summed E-state index contributed by atoms with van der Waals surface area (Å²) in [4.78, 5) is 4.44. The zero-order chi connectivity index (χ0) is 15.8.